The van der Waals surface area contributed by atoms with Gasteiger partial charge in [0.2, 0.25) is 0 Å². The van der Waals surface area contributed by atoms with Crippen LogP contribution in [0.3, 0.4) is 0 Å². The molecule has 1 aromatic heterocycles. The monoisotopic (exact) mass is 258 g/mol. The van der Waals surface area contributed by atoms with Crippen molar-refractivity contribution in [2.75, 3.05) is 0 Å². The zero-order valence-electron chi connectivity index (χ0n) is 9.58. The highest BCUT2D eigenvalue weighted by Gasteiger charge is 2.31. The lowest BCUT2D eigenvalue weighted by Crippen LogP contribution is -2.32. The molecule has 0 radical (unpaired) electrons. The summed E-state index contributed by atoms with van der Waals surface area (Å²) >= 11 is 7.88. The predicted octanol–water partition coefficient (Wildman–Crippen LogP) is 3.73. The second-order valence-electron chi connectivity index (χ2n) is 4.62. The van der Waals surface area contributed by atoms with Crippen LogP contribution in [0.4, 0.5) is 0 Å². The first kappa shape index (κ1) is 12.4. The molecule has 0 aliphatic heterocycles. The summed E-state index contributed by atoms with van der Waals surface area (Å²) in [5, 5.41) is 2.89. The molecule has 2 nitrogen and oxygen atoms in total. The van der Waals surface area contributed by atoms with E-state index in [9.17, 15) is 0 Å². The Labute approximate surface area is 106 Å². The van der Waals surface area contributed by atoms with E-state index in [2.05, 4.69) is 12.3 Å². The highest BCUT2D eigenvalue weighted by Crippen LogP contribution is 2.43. The van der Waals surface area contributed by atoms with Crippen molar-refractivity contribution in [1.82, 2.24) is 5.43 Å². The highest BCUT2D eigenvalue weighted by molar-refractivity contribution is 7.10. The number of nitrogens with one attached hydrogen (secondary N) is 1. The summed E-state index contributed by atoms with van der Waals surface area (Å²) in [5.74, 6) is 7.22. The van der Waals surface area contributed by atoms with E-state index < -0.39 is 0 Å². The van der Waals surface area contributed by atoms with Gasteiger partial charge in [-0.15, -0.1) is 11.3 Å². The summed E-state index contributed by atoms with van der Waals surface area (Å²) in [6, 6.07) is 2.20. The van der Waals surface area contributed by atoms with Crippen LogP contribution in [0.15, 0.2) is 11.4 Å². The van der Waals surface area contributed by atoms with Gasteiger partial charge in [-0.2, -0.15) is 0 Å². The average molecular weight is 259 g/mol. The molecule has 2 rings (SSSR count). The number of rotatable bonds is 4. The van der Waals surface area contributed by atoms with Gasteiger partial charge < -0.3 is 0 Å². The fraction of sp³-hybridized carbons (Fsp3) is 0.667. The van der Waals surface area contributed by atoms with Crippen molar-refractivity contribution >= 4 is 22.9 Å². The maximum atomic E-state index is 6.18. The van der Waals surface area contributed by atoms with Gasteiger partial charge in [0.1, 0.15) is 0 Å². The van der Waals surface area contributed by atoms with E-state index >= 15 is 0 Å². The van der Waals surface area contributed by atoms with Crippen molar-refractivity contribution in [2.24, 2.45) is 17.7 Å². The Morgan fingerprint density at radius 3 is 2.94 bits per heavy atom. The summed E-state index contributed by atoms with van der Waals surface area (Å²) < 4.78 is 0. The third kappa shape index (κ3) is 2.43. The van der Waals surface area contributed by atoms with E-state index in [0.717, 1.165) is 10.9 Å². The van der Waals surface area contributed by atoms with Gasteiger partial charge in [0, 0.05) is 4.88 Å². The second kappa shape index (κ2) is 5.50. The molecule has 1 fully saturated rings. The average Bonchev–Trinajstić information content (AvgIpc) is 2.90. The Morgan fingerprint density at radius 2 is 2.44 bits per heavy atom. The van der Waals surface area contributed by atoms with Gasteiger partial charge in [0.25, 0.3) is 0 Å². The third-order valence-corrected chi connectivity index (χ3v) is 5.18. The van der Waals surface area contributed by atoms with Crippen LogP contribution < -0.4 is 11.3 Å². The van der Waals surface area contributed by atoms with Crippen LogP contribution in [0.25, 0.3) is 0 Å². The first-order valence-electron chi connectivity index (χ1n) is 5.95. The molecule has 1 saturated carbocycles. The van der Waals surface area contributed by atoms with Crippen molar-refractivity contribution in [2.45, 2.75) is 38.6 Å². The Balaban J connectivity index is 2.09. The molecule has 1 aliphatic rings. The highest BCUT2D eigenvalue weighted by atomic mass is 35.5. The van der Waals surface area contributed by atoms with Gasteiger partial charge in [0.15, 0.2) is 0 Å². The lowest BCUT2D eigenvalue weighted by molar-refractivity contribution is 0.363. The Morgan fingerprint density at radius 1 is 1.62 bits per heavy atom. The normalized spacial score (nSPS) is 27.2. The quantitative estimate of drug-likeness (QED) is 0.638. The lowest BCUT2D eigenvalue weighted by atomic mass is 9.95. The van der Waals surface area contributed by atoms with Gasteiger partial charge in [-0.05, 0) is 36.1 Å². The number of hydrazine groups is 1. The van der Waals surface area contributed by atoms with Crippen molar-refractivity contribution in [3.05, 3.63) is 21.3 Å². The minimum atomic E-state index is 0.240. The first-order chi connectivity index (χ1) is 7.76. The smallest absolute Gasteiger partial charge is 0.0596 e. The van der Waals surface area contributed by atoms with Gasteiger partial charge in [0.05, 0.1) is 11.1 Å². The van der Waals surface area contributed by atoms with Crippen LogP contribution in [-0.2, 0) is 0 Å². The minimum absolute atomic E-state index is 0.240. The molecule has 0 amide bonds. The molecule has 1 aromatic rings. The molecule has 4 heteroatoms. The lowest BCUT2D eigenvalue weighted by Gasteiger charge is -2.22. The molecule has 1 aliphatic carbocycles. The van der Waals surface area contributed by atoms with Crippen LogP contribution in [0.2, 0.25) is 5.02 Å². The van der Waals surface area contributed by atoms with Crippen LogP contribution in [0.5, 0.6) is 0 Å². The van der Waals surface area contributed by atoms with Gasteiger partial charge >= 0.3 is 0 Å². The largest absolute Gasteiger partial charge is 0.271 e. The Hall–Kier alpha value is -0.0900. The zero-order valence-corrected chi connectivity index (χ0v) is 11.2. The van der Waals surface area contributed by atoms with E-state index in [4.69, 9.17) is 17.4 Å². The molecule has 0 saturated heterocycles. The molecule has 90 valence electrons. The number of halogens is 1. The summed E-state index contributed by atoms with van der Waals surface area (Å²) in [4.78, 5) is 1.20. The van der Waals surface area contributed by atoms with E-state index in [0.29, 0.717) is 5.92 Å². The number of hydrogen-bond donors (Lipinski definition) is 2. The SMILES string of the molecule is CCC1CCC(C(NN)c2sccc2Cl)C1. The number of hydrogen-bond acceptors (Lipinski definition) is 3. The Kier molecular flexibility index (Phi) is 4.25. The van der Waals surface area contributed by atoms with Crippen LogP contribution >= 0.6 is 22.9 Å². The standard InChI is InChI=1S/C12H19ClN2S/c1-2-8-3-4-9(7-8)11(15-14)12-10(13)5-6-16-12/h5-6,8-9,11,15H,2-4,7,14H2,1H3. The van der Waals surface area contributed by atoms with E-state index in [1.165, 1.54) is 30.6 Å². The maximum absolute atomic E-state index is 6.18. The second-order valence-corrected chi connectivity index (χ2v) is 5.98. The van der Waals surface area contributed by atoms with Crippen LogP contribution in [0.1, 0.15) is 43.5 Å². The fourth-order valence-electron chi connectivity index (χ4n) is 2.74. The van der Waals surface area contributed by atoms with Crippen molar-refractivity contribution in [3.63, 3.8) is 0 Å². The van der Waals surface area contributed by atoms with E-state index in [-0.39, 0.29) is 6.04 Å². The summed E-state index contributed by atoms with van der Waals surface area (Å²) in [5.41, 5.74) is 2.96. The van der Waals surface area contributed by atoms with Gasteiger partial charge in [-0.1, -0.05) is 31.4 Å². The predicted molar refractivity (Wildman–Crippen MR) is 70.5 cm³/mol. The minimum Gasteiger partial charge on any atom is -0.271 e. The van der Waals surface area contributed by atoms with Crippen molar-refractivity contribution in [1.29, 1.82) is 0 Å². The molecule has 0 bridgehead atoms. The number of thiophene rings is 1. The Bertz CT molecular complexity index is 340. The first-order valence-corrected chi connectivity index (χ1v) is 7.21. The van der Waals surface area contributed by atoms with Crippen LogP contribution in [-0.4, -0.2) is 0 Å². The van der Waals surface area contributed by atoms with Crippen LogP contribution in [0, 0.1) is 11.8 Å². The molecular weight excluding hydrogens is 240 g/mol. The molecule has 3 unspecified atom stereocenters. The van der Waals surface area contributed by atoms with Gasteiger partial charge in [-0.3, -0.25) is 11.3 Å². The number of nitrogens with two attached hydrogens (primary N) is 1. The van der Waals surface area contributed by atoms with E-state index in [1.54, 1.807) is 11.3 Å². The molecule has 3 N–H and O–H groups in total. The maximum Gasteiger partial charge on any atom is 0.0596 e. The summed E-state index contributed by atoms with van der Waals surface area (Å²) in [6.07, 6.45) is 5.16. The van der Waals surface area contributed by atoms with Crippen molar-refractivity contribution < 1.29 is 0 Å². The van der Waals surface area contributed by atoms with Crippen molar-refractivity contribution in [3.8, 4) is 0 Å². The summed E-state index contributed by atoms with van der Waals surface area (Å²) in [7, 11) is 0. The third-order valence-electron chi connectivity index (χ3n) is 3.74. The van der Waals surface area contributed by atoms with Gasteiger partial charge in [-0.25, -0.2) is 0 Å². The molecular formula is C12H19ClN2S. The molecule has 0 aromatic carbocycles. The zero-order chi connectivity index (χ0) is 11.5. The fourth-order valence-corrected chi connectivity index (χ4v) is 4.07. The molecule has 3 atom stereocenters. The molecule has 0 spiro atoms. The van der Waals surface area contributed by atoms with E-state index in [1.807, 2.05) is 11.4 Å². The summed E-state index contributed by atoms with van der Waals surface area (Å²) in [6.45, 7) is 2.27. The topological polar surface area (TPSA) is 38.0 Å². The molecule has 16 heavy (non-hydrogen) atoms. The molecule has 1 heterocycles.